The minimum Gasteiger partial charge on any atom is -0.381 e. The zero-order valence-corrected chi connectivity index (χ0v) is 12.0. The fourth-order valence-corrected chi connectivity index (χ4v) is 2.29. The molecule has 0 bridgehead atoms. The van der Waals surface area contributed by atoms with Crippen LogP contribution < -0.4 is 5.32 Å². The van der Waals surface area contributed by atoms with Gasteiger partial charge in [0.1, 0.15) is 5.54 Å². The molecule has 1 unspecified atom stereocenters. The molecule has 18 heavy (non-hydrogen) atoms. The average molecular weight is 253 g/mol. The molecule has 1 atom stereocenters. The van der Waals surface area contributed by atoms with Crippen molar-refractivity contribution in [2.24, 2.45) is 0 Å². The molecule has 1 saturated heterocycles. The fourth-order valence-electron chi connectivity index (χ4n) is 2.29. The van der Waals surface area contributed by atoms with Gasteiger partial charge in [-0.2, -0.15) is 5.26 Å². The van der Waals surface area contributed by atoms with Crippen LogP contribution in [-0.2, 0) is 4.74 Å². The molecule has 0 radical (unpaired) electrons. The van der Waals surface area contributed by atoms with E-state index in [0.29, 0.717) is 6.04 Å². The molecule has 1 N–H and O–H groups in total. The van der Waals surface area contributed by atoms with Gasteiger partial charge in [-0.15, -0.1) is 0 Å². The van der Waals surface area contributed by atoms with E-state index in [1.165, 1.54) is 0 Å². The lowest BCUT2D eigenvalue weighted by molar-refractivity contribution is 0.0413. The molecule has 1 heterocycles. The van der Waals surface area contributed by atoms with Gasteiger partial charge in [-0.3, -0.25) is 5.32 Å². The van der Waals surface area contributed by atoms with E-state index in [9.17, 15) is 5.26 Å². The number of ether oxygens (including phenoxy) is 1. The van der Waals surface area contributed by atoms with Crippen LogP contribution in [0.1, 0.15) is 39.5 Å². The highest BCUT2D eigenvalue weighted by molar-refractivity contribution is 5.04. The van der Waals surface area contributed by atoms with E-state index in [1.807, 2.05) is 6.92 Å². The number of hydrogen-bond donors (Lipinski definition) is 1. The Morgan fingerprint density at radius 1 is 1.44 bits per heavy atom. The Kier molecular flexibility index (Phi) is 6.62. The van der Waals surface area contributed by atoms with Crippen LogP contribution in [0.15, 0.2) is 0 Å². The third kappa shape index (κ3) is 4.93. The molecule has 1 rings (SSSR count). The first kappa shape index (κ1) is 15.4. The summed E-state index contributed by atoms with van der Waals surface area (Å²) in [5.74, 6) is 0. The zero-order chi connectivity index (χ0) is 13.4. The average Bonchev–Trinajstić information content (AvgIpc) is 2.43. The number of nitriles is 1. The van der Waals surface area contributed by atoms with Crippen molar-refractivity contribution in [3.05, 3.63) is 0 Å². The first-order valence-corrected chi connectivity index (χ1v) is 7.05. The van der Waals surface area contributed by atoms with Gasteiger partial charge in [-0.25, -0.2) is 0 Å². The Morgan fingerprint density at radius 3 is 2.67 bits per heavy atom. The fraction of sp³-hybridized carbons (Fsp3) is 0.929. The Hall–Kier alpha value is -0.630. The third-order valence-electron chi connectivity index (χ3n) is 3.79. The lowest BCUT2D eigenvalue weighted by Crippen LogP contribution is -2.45. The molecule has 0 aromatic carbocycles. The second-order valence-electron chi connectivity index (χ2n) is 5.44. The smallest absolute Gasteiger partial charge is 0.105 e. The Morgan fingerprint density at radius 2 is 2.11 bits per heavy atom. The van der Waals surface area contributed by atoms with Gasteiger partial charge in [0.05, 0.1) is 6.07 Å². The molecule has 0 aromatic heterocycles. The Labute approximate surface area is 111 Å². The molecule has 1 aliphatic heterocycles. The summed E-state index contributed by atoms with van der Waals surface area (Å²) >= 11 is 0. The zero-order valence-electron chi connectivity index (χ0n) is 12.0. The SMILES string of the molecule is CCCNC(C)(C#N)CCN(C)C1CCOCC1. The van der Waals surface area contributed by atoms with E-state index in [0.717, 1.165) is 52.0 Å². The van der Waals surface area contributed by atoms with E-state index < -0.39 is 5.54 Å². The highest BCUT2D eigenvalue weighted by Crippen LogP contribution is 2.15. The van der Waals surface area contributed by atoms with Crippen molar-refractivity contribution in [2.45, 2.75) is 51.1 Å². The van der Waals surface area contributed by atoms with Crippen molar-refractivity contribution in [2.75, 3.05) is 33.4 Å². The van der Waals surface area contributed by atoms with Gasteiger partial charge in [-0.05, 0) is 46.2 Å². The minimum atomic E-state index is -0.393. The molecule has 0 saturated carbocycles. The summed E-state index contributed by atoms with van der Waals surface area (Å²) in [6, 6.07) is 3.03. The topological polar surface area (TPSA) is 48.3 Å². The van der Waals surface area contributed by atoms with Gasteiger partial charge in [0.2, 0.25) is 0 Å². The van der Waals surface area contributed by atoms with Crippen LogP contribution in [0.5, 0.6) is 0 Å². The van der Waals surface area contributed by atoms with Gasteiger partial charge < -0.3 is 9.64 Å². The molecular formula is C14H27N3O. The molecule has 0 aromatic rings. The van der Waals surface area contributed by atoms with Crippen molar-refractivity contribution in [3.63, 3.8) is 0 Å². The highest BCUT2D eigenvalue weighted by atomic mass is 16.5. The summed E-state index contributed by atoms with van der Waals surface area (Å²) < 4.78 is 5.38. The largest absolute Gasteiger partial charge is 0.381 e. The lowest BCUT2D eigenvalue weighted by atomic mass is 9.98. The van der Waals surface area contributed by atoms with Gasteiger partial charge in [0.15, 0.2) is 0 Å². The van der Waals surface area contributed by atoms with E-state index in [4.69, 9.17) is 4.74 Å². The molecule has 0 amide bonds. The standard InChI is InChI=1S/C14H27N3O/c1-4-8-16-14(2,12-15)7-9-17(3)13-5-10-18-11-6-13/h13,16H,4-11H2,1-3H3. The first-order valence-electron chi connectivity index (χ1n) is 7.05. The molecule has 4 heteroatoms. The maximum atomic E-state index is 9.28. The maximum Gasteiger partial charge on any atom is 0.105 e. The predicted molar refractivity (Wildman–Crippen MR) is 73.4 cm³/mol. The number of rotatable bonds is 7. The van der Waals surface area contributed by atoms with Crippen LogP contribution >= 0.6 is 0 Å². The van der Waals surface area contributed by atoms with E-state index in [2.05, 4.69) is 30.3 Å². The summed E-state index contributed by atoms with van der Waals surface area (Å²) in [4.78, 5) is 2.38. The summed E-state index contributed by atoms with van der Waals surface area (Å²) in [7, 11) is 2.16. The summed E-state index contributed by atoms with van der Waals surface area (Å²) in [5.41, 5.74) is -0.393. The Balaban J connectivity index is 2.34. The van der Waals surface area contributed by atoms with Gasteiger partial charge in [0, 0.05) is 25.8 Å². The summed E-state index contributed by atoms with van der Waals surface area (Å²) in [6.07, 6.45) is 4.16. The lowest BCUT2D eigenvalue weighted by Gasteiger charge is -2.33. The van der Waals surface area contributed by atoms with Crippen LogP contribution in [0.25, 0.3) is 0 Å². The van der Waals surface area contributed by atoms with Crippen LogP contribution in [-0.4, -0.2) is 49.8 Å². The number of hydrogen-bond acceptors (Lipinski definition) is 4. The molecule has 1 aliphatic rings. The van der Waals surface area contributed by atoms with E-state index in [-0.39, 0.29) is 0 Å². The molecule has 0 spiro atoms. The minimum absolute atomic E-state index is 0.393. The van der Waals surface area contributed by atoms with Crippen LogP contribution in [0, 0.1) is 11.3 Å². The van der Waals surface area contributed by atoms with Gasteiger partial charge >= 0.3 is 0 Å². The normalized spacial score (nSPS) is 20.6. The monoisotopic (exact) mass is 253 g/mol. The summed E-state index contributed by atoms with van der Waals surface area (Å²) in [5, 5.41) is 12.6. The van der Waals surface area contributed by atoms with Crippen molar-refractivity contribution >= 4 is 0 Å². The first-order chi connectivity index (χ1) is 8.61. The van der Waals surface area contributed by atoms with Crippen molar-refractivity contribution < 1.29 is 4.74 Å². The van der Waals surface area contributed by atoms with Crippen molar-refractivity contribution in [1.29, 1.82) is 5.26 Å². The van der Waals surface area contributed by atoms with Gasteiger partial charge in [-0.1, -0.05) is 6.92 Å². The maximum absolute atomic E-state index is 9.28. The molecule has 0 aliphatic carbocycles. The van der Waals surface area contributed by atoms with Crippen LogP contribution in [0.3, 0.4) is 0 Å². The van der Waals surface area contributed by atoms with Crippen molar-refractivity contribution in [1.82, 2.24) is 10.2 Å². The quantitative estimate of drug-likeness (QED) is 0.751. The second-order valence-corrected chi connectivity index (χ2v) is 5.44. The van der Waals surface area contributed by atoms with Crippen molar-refractivity contribution in [3.8, 4) is 6.07 Å². The highest BCUT2D eigenvalue weighted by Gasteiger charge is 2.25. The molecule has 104 valence electrons. The molecule has 1 fully saturated rings. The van der Waals surface area contributed by atoms with E-state index in [1.54, 1.807) is 0 Å². The van der Waals surface area contributed by atoms with Crippen LogP contribution in [0.4, 0.5) is 0 Å². The number of nitrogens with one attached hydrogen (secondary N) is 1. The molecular weight excluding hydrogens is 226 g/mol. The third-order valence-corrected chi connectivity index (χ3v) is 3.79. The summed E-state index contributed by atoms with van der Waals surface area (Å²) in [6.45, 7) is 7.74. The van der Waals surface area contributed by atoms with E-state index >= 15 is 0 Å². The van der Waals surface area contributed by atoms with Crippen LogP contribution in [0.2, 0.25) is 0 Å². The van der Waals surface area contributed by atoms with Gasteiger partial charge in [0.25, 0.3) is 0 Å². The Bertz CT molecular complexity index is 271. The second kappa shape index (κ2) is 7.73. The number of nitrogens with zero attached hydrogens (tertiary/aromatic N) is 2. The predicted octanol–water partition coefficient (Wildman–Crippen LogP) is 1.77. The molecule has 4 nitrogen and oxygen atoms in total.